The van der Waals surface area contributed by atoms with Gasteiger partial charge in [-0.15, -0.1) is 0 Å². The molecule has 6 heteroatoms. The van der Waals surface area contributed by atoms with E-state index in [2.05, 4.69) is 21.7 Å². The van der Waals surface area contributed by atoms with E-state index in [1.165, 1.54) is 0 Å². The van der Waals surface area contributed by atoms with Crippen LogP contribution in [0.4, 0.5) is 0 Å². The fraction of sp³-hybridized carbons (Fsp3) is 0.391. The van der Waals surface area contributed by atoms with Crippen LogP contribution in [0.25, 0.3) is 0 Å². The molecule has 1 amide bonds. The minimum atomic E-state index is 0.0856. The fourth-order valence-electron chi connectivity index (χ4n) is 2.97. The number of nitrogens with one attached hydrogen (secondary N) is 2. The summed E-state index contributed by atoms with van der Waals surface area (Å²) in [6.07, 6.45) is 1.21. The van der Waals surface area contributed by atoms with E-state index in [-0.39, 0.29) is 5.91 Å². The Morgan fingerprint density at radius 3 is 2.52 bits per heavy atom. The largest absolute Gasteiger partial charge is 0.496 e. The third-order valence-corrected chi connectivity index (χ3v) is 4.51. The minimum absolute atomic E-state index is 0.0856. The standard InChI is InChI=1S/C23H32N4O2/c1-4-24-23(25-16-14-20-12-8-9-13-21(20)29-3)26-17-15-22(28)27(2)18-19-10-6-5-7-11-19/h5-13H,4,14-18H2,1-3H3,(H2,24,25,26). The molecular weight excluding hydrogens is 364 g/mol. The molecule has 156 valence electrons. The summed E-state index contributed by atoms with van der Waals surface area (Å²) < 4.78 is 5.39. The van der Waals surface area contributed by atoms with Gasteiger partial charge in [0.1, 0.15) is 5.75 Å². The lowest BCUT2D eigenvalue weighted by Gasteiger charge is -2.17. The Labute approximate surface area is 174 Å². The van der Waals surface area contributed by atoms with Crippen molar-refractivity contribution in [2.75, 3.05) is 33.8 Å². The van der Waals surface area contributed by atoms with Gasteiger partial charge in [-0.25, -0.2) is 0 Å². The van der Waals surface area contributed by atoms with Crippen molar-refractivity contribution < 1.29 is 9.53 Å². The van der Waals surface area contributed by atoms with Crippen molar-refractivity contribution in [3.8, 4) is 5.75 Å². The number of guanidine groups is 1. The molecule has 0 unspecified atom stereocenters. The first-order valence-corrected chi connectivity index (χ1v) is 10.1. The normalized spacial score (nSPS) is 11.1. The lowest BCUT2D eigenvalue weighted by molar-refractivity contribution is -0.130. The molecule has 6 nitrogen and oxygen atoms in total. The summed E-state index contributed by atoms with van der Waals surface area (Å²) in [5.74, 6) is 1.70. The quantitative estimate of drug-likeness (QED) is 0.479. The summed E-state index contributed by atoms with van der Waals surface area (Å²) in [6, 6.07) is 18.0. The topological polar surface area (TPSA) is 66.0 Å². The van der Waals surface area contributed by atoms with E-state index in [9.17, 15) is 4.79 Å². The van der Waals surface area contributed by atoms with E-state index in [1.54, 1.807) is 12.0 Å². The maximum Gasteiger partial charge on any atom is 0.224 e. The van der Waals surface area contributed by atoms with Gasteiger partial charge in [-0.2, -0.15) is 0 Å². The van der Waals surface area contributed by atoms with Gasteiger partial charge in [0.05, 0.1) is 13.7 Å². The predicted octanol–water partition coefficient (Wildman–Crippen LogP) is 2.84. The Bertz CT molecular complexity index is 777. The first-order valence-electron chi connectivity index (χ1n) is 10.1. The average molecular weight is 397 g/mol. The van der Waals surface area contributed by atoms with Crippen molar-refractivity contribution >= 4 is 11.9 Å². The molecule has 0 heterocycles. The number of rotatable bonds is 10. The molecule has 0 aliphatic heterocycles. The monoisotopic (exact) mass is 396 g/mol. The molecule has 29 heavy (non-hydrogen) atoms. The first-order chi connectivity index (χ1) is 14.1. The van der Waals surface area contributed by atoms with Crippen molar-refractivity contribution in [3.05, 3.63) is 65.7 Å². The zero-order valence-electron chi connectivity index (χ0n) is 17.6. The molecule has 0 bridgehead atoms. The van der Waals surface area contributed by atoms with Crippen molar-refractivity contribution in [2.24, 2.45) is 4.99 Å². The molecule has 0 radical (unpaired) electrons. The predicted molar refractivity (Wildman–Crippen MR) is 118 cm³/mol. The number of aliphatic imine (C=N–C) groups is 1. The van der Waals surface area contributed by atoms with Crippen LogP contribution in [0.2, 0.25) is 0 Å². The first kappa shape index (κ1) is 22.3. The lowest BCUT2D eigenvalue weighted by atomic mass is 10.1. The zero-order valence-corrected chi connectivity index (χ0v) is 17.6. The number of nitrogens with zero attached hydrogens (tertiary/aromatic N) is 2. The van der Waals surface area contributed by atoms with Crippen LogP contribution in [-0.4, -0.2) is 50.6 Å². The van der Waals surface area contributed by atoms with Crippen LogP contribution >= 0.6 is 0 Å². The van der Waals surface area contributed by atoms with E-state index >= 15 is 0 Å². The molecule has 2 aromatic carbocycles. The van der Waals surface area contributed by atoms with E-state index < -0.39 is 0 Å². The summed E-state index contributed by atoms with van der Waals surface area (Å²) in [4.78, 5) is 18.6. The third kappa shape index (κ3) is 7.86. The Kier molecular flexibility index (Phi) is 9.55. The number of benzene rings is 2. The second-order valence-electron chi connectivity index (χ2n) is 6.73. The molecule has 0 aromatic heterocycles. The van der Waals surface area contributed by atoms with Gasteiger partial charge < -0.3 is 20.3 Å². The van der Waals surface area contributed by atoms with Crippen LogP contribution in [0.5, 0.6) is 5.75 Å². The van der Waals surface area contributed by atoms with Crippen molar-refractivity contribution in [3.63, 3.8) is 0 Å². The van der Waals surface area contributed by atoms with Crippen molar-refractivity contribution in [1.29, 1.82) is 0 Å². The molecule has 0 saturated carbocycles. The maximum absolute atomic E-state index is 12.4. The number of amides is 1. The highest BCUT2D eigenvalue weighted by Gasteiger charge is 2.09. The zero-order chi connectivity index (χ0) is 20.9. The molecule has 0 spiro atoms. The lowest BCUT2D eigenvalue weighted by Crippen LogP contribution is -2.38. The van der Waals surface area contributed by atoms with Crippen LogP contribution < -0.4 is 15.4 Å². The summed E-state index contributed by atoms with van der Waals surface area (Å²) in [5.41, 5.74) is 2.27. The van der Waals surface area contributed by atoms with E-state index in [0.29, 0.717) is 19.5 Å². The summed E-state index contributed by atoms with van der Waals surface area (Å²) in [6.45, 7) is 4.58. The Balaban J connectivity index is 1.79. The Morgan fingerprint density at radius 2 is 1.79 bits per heavy atom. The van der Waals surface area contributed by atoms with E-state index in [1.807, 2.05) is 62.5 Å². The van der Waals surface area contributed by atoms with Crippen LogP contribution in [0, 0.1) is 0 Å². The molecule has 2 rings (SSSR count). The number of para-hydroxylation sites is 1. The van der Waals surface area contributed by atoms with Gasteiger partial charge in [-0.1, -0.05) is 48.5 Å². The average Bonchev–Trinajstić information content (AvgIpc) is 2.74. The second-order valence-corrected chi connectivity index (χ2v) is 6.73. The van der Waals surface area contributed by atoms with Gasteiger partial charge in [-0.05, 0) is 30.5 Å². The molecule has 0 aliphatic carbocycles. The number of ether oxygens (including phenoxy) is 1. The second kappa shape index (κ2) is 12.4. The minimum Gasteiger partial charge on any atom is -0.496 e. The highest BCUT2D eigenvalue weighted by Crippen LogP contribution is 2.17. The van der Waals surface area contributed by atoms with Crippen LogP contribution in [0.1, 0.15) is 24.5 Å². The van der Waals surface area contributed by atoms with Crippen LogP contribution in [-0.2, 0) is 17.8 Å². The summed E-state index contributed by atoms with van der Waals surface area (Å²) >= 11 is 0. The van der Waals surface area contributed by atoms with Gasteiger partial charge >= 0.3 is 0 Å². The summed E-state index contributed by atoms with van der Waals surface area (Å²) in [5, 5.41) is 6.54. The van der Waals surface area contributed by atoms with Crippen LogP contribution in [0.3, 0.4) is 0 Å². The number of methoxy groups -OCH3 is 1. The van der Waals surface area contributed by atoms with E-state index in [4.69, 9.17) is 4.74 Å². The fourth-order valence-corrected chi connectivity index (χ4v) is 2.97. The van der Waals surface area contributed by atoms with Gasteiger partial charge in [0, 0.05) is 33.1 Å². The molecule has 0 atom stereocenters. The number of carbonyl (C=O) groups is 1. The molecule has 0 fully saturated rings. The number of hydrogen-bond donors (Lipinski definition) is 2. The summed E-state index contributed by atoms with van der Waals surface area (Å²) in [7, 11) is 3.51. The molecular formula is C23H32N4O2. The number of hydrogen-bond acceptors (Lipinski definition) is 3. The van der Waals surface area contributed by atoms with Crippen molar-refractivity contribution in [2.45, 2.75) is 26.3 Å². The SMILES string of the molecule is CCNC(=NCCC(=O)N(C)Cc1ccccc1)NCCc1ccccc1OC. The maximum atomic E-state index is 12.4. The highest BCUT2D eigenvalue weighted by atomic mass is 16.5. The molecule has 0 saturated heterocycles. The molecule has 2 N–H and O–H groups in total. The highest BCUT2D eigenvalue weighted by molar-refractivity contribution is 5.80. The van der Waals surface area contributed by atoms with Gasteiger partial charge in [0.25, 0.3) is 0 Å². The van der Waals surface area contributed by atoms with Gasteiger partial charge in [0.15, 0.2) is 5.96 Å². The number of carbonyl (C=O) groups excluding carboxylic acids is 1. The Hall–Kier alpha value is -3.02. The van der Waals surface area contributed by atoms with Crippen LogP contribution in [0.15, 0.2) is 59.6 Å². The molecule has 0 aliphatic rings. The van der Waals surface area contributed by atoms with Gasteiger partial charge in [0.2, 0.25) is 5.91 Å². The van der Waals surface area contributed by atoms with Gasteiger partial charge in [-0.3, -0.25) is 9.79 Å². The Morgan fingerprint density at radius 1 is 1.07 bits per heavy atom. The third-order valence-electron chi connectivity index (χ3n) is 4.51. The van der Waals surface area contributed by atoms with Crippen molar-refractivity contribution in [1.82, 2.24) is 15.5 Å². The van der Waals surface area contributed by atoms with E-state index in [0.717, 1.165) is 42.3 Å². The smallest absolute Gasteiger partial charge is 0.224 e. The molecule has 2 aromatic rings.